The lowest BCUT2D eigenvalue weighted by molar-refractivity contribution is 0.605. The maximum atomic E-state index is 10.9. The molecule has 4 heteroatoms. The van der Waals surface area contributed by atoms with Gasteiger partial charge in [0, 0.05) is 45.1 Å². The van der Waals surface area contributed by atoms with Crippen LogP contribution >= 0.6 is 11.3 Å². The molecular formula is C12H19NOS2. The minimum atomic E-state index is -0.687. The van der Waals surface area contributed by atoms with Crippen LogP contribution in [0.25, 0.3) is 0 Å². The molecular weight excluding hydrogens is 238 g/mol. The van der Waals surface area contributed by atoms with Gasteiger partial charge >= 0.3 is 0 Å². The third kappa shape index (κ3) is 2.93. The van der Waals surface area contributed by atoms with Gasteiger partial charge < -0.3 is 5.32 Å². The van der Waals surface area contributed by atoms with Gasteiger partial charge in [-0.05, 0) is 37.8 Å². The highest BCUT2D eigenvalue weighted by Crippen LogP contribution is 2.33. The summed E-state index contributed by atoms with van der Waals surface area (Å²) >= 11 is 1.95. The van der Waals surface area contributed by atoms with Crippen molar-refractivity contribution in [2.75, 3.05) is 18.6 Å². The van der Waals surface area contributed by atoms with Crippen molar-refractivity contribution in [3.8, 4) is 0 Å². The van der Waals surface area contributed by atoms with Crippen molar-refractivity contribution in [1.29, 1.82) is 0 Å². The summed E-state index contributed by atoms with van der Waals surface area (Å²) in [4.78, 5) is 3.02. The fourth-order valence-electron chi connectivity index (χ4n) is 2.09. The zero-order valence-corrected chi connectivity index (χ0v) is 11.5. The van der Waals surface area contributed by atoms with Gasteiger partial charge in [-0.3, -0.25) is 4.21 Å². The van der Waals surface area contributed by atoms with Gasteiger partial charge in [-0.25, -0.2) is 0 Å². The Morgan fingerprint density at radius 3 is 3.06 bits per heavy atom. The molecule has 1 aliphatic carbocycles. The van der Waals surface area contributed by atoms with Crippen molar-refractivity contribution in [3.05, 3.63) is 21.4 Å². The number of nitrogens with one attached hydrogen (secondary N) is 1. The summed E-state index contributed by atoms with van der Waals surface area (Å²) in [5.41, 5.74) is 1.56. The SMILES string of the molecule is CC(NCCS(C)=O)c1cc2c(s1)CCC2. The van der Waals surface area contributed by atoms with E-state index < -0.39 is 10.8 Å². The van der Waals surface area contributed by atoms with Gasteiger partial charge in [-0.15, -0.1) is 11.3 Å². The highest BCUT2D eigenvalue weighted by Gasteiger charge is 2.17. The molecule has 1 aromatic heterocycles. The summed E-state index contributed by atoms with van der Waals surface area (Å²) < 4.78 is 10.9. The van der Waals surface area contributed by atoms with Crippen LogP contribution in [0.2, 0.25) is 0 Å². The number of aryl methyl sites for hydroxylation is 2. The van der Waals surface area contributed by atoms with Gasteiger partial charge in [0.15, 0.2) is 0 Å². The first-order valence-electron chi connectivity index (χ1n) is 5.81. The van der Waals surface area contributed by atoms with Crippen LogP contribution in [0.4, 0.5) is 0 Å². The molecule has 1 aromatic rings. The van der Waals surface area contributed by atoms with Gasteiger partial charge in [-0.2, -0.15) is 0 Å². The highest BCUT2D eigenvalue weighted by molar-refractivity contribution is 7.84. The standard InChI is InChI=1S/C12H19NOS2/c1-9(13-6-7-16(2)14)12-8-10-4-3-5-11(10)15-12/h8-9,13H,3-7H2,1-2H3. The van der Waals surface area contributed by atoms with Gasteiger partial charge in [0.25, 0.3) is 0 Å². The lowest BCUT2D eigenvalue weighted by atomic mass is 10.2. The number of thiophene rings is 1. The van der Waals surface area contributed by atoms with E-state index in [-0.39, 0.29) is 0 Å². The van der Waals surface area contributed by atoms with E-state index in [1.54, 1.807) is 16.7 Å². The molecule has 0 radical (unpaired) electrons. The highest BCUT2D eigenvalue weighted by atomic mass is 32.2. The molecule has 0 bridgehead atoms. The van der Waals surface area contributed by atoms with E-state index in [0.29, 0.717) is 6.04 Å². The van der Waals surface area contributed by atoms with Crippen molar-refractivity contribution in [2.24, 2.45) is 0 Å². The monoisotopic (exact) mass is 257 g/mol. The molecule has 1 N–H and O–H groups in total. The van der Waals surface area contributed by atoms with E-state index in [9.17, 15) is 4.21 Å². The van der Waals surface area contributed by atoms with Crippen LogP contribution in [0.1, 0.15) is 34.7 Å². The molecule has 0 aromatic carbocycles. The van der Waals surface area contributed by atoms with Crippen molar-refractivity contribution in [1.82, 2.24) is 5.32 Å². The molecule has 16 heavy (non-hydrogen) atoms. The molecule has 0 amide bonds. The molecule has 1 heterocycles. The first-order chi connectivity index (χ1) is 7.66. The summed E-state index contributed by atoms with van der Waals surface area (Å²) in [6.07, 6.45) is 5.62. The molecule has 0 spiro atoms. The van der Waals surface area contributed by atoms with E-state index >= 15 is 0 Å². The summed E-state index contributed by atoms with van der Waals surface area (Å²) in [5.74, 6) is 0.745. The van der Waals surface area contributed by atoms with Crippen LogP contribution < -0.4 is 5.32 Å². The van der Waals surface area contributed by atoms with Crippen LogP contribution in [0.5, 0.6) is 0 Å². The molecule has 2 atom stereocenters. The van der Waals surface area contributed by atoms with Crippen molar-refractivity contribution in [3.63, 3.8) is 0 Å². The molecule has 0 aliphatic heterocycles. The summed E-state index contributed by atoms with van der Waals surface area (Å²) in [6, 6.07) is 2.76. The first-order valence-corrected chi connectivity index (χ1v) is 8.36. The Bertz CT molecular complexity index is 365. The van der Waals surface area contributed by atoms with E-state index in [1.165, 1.54) is 24.1 Å². The van der Waals surface area contributed by atoms with Crippen molar-refractivity contribution >= 4 is 22.1 Å². The molecule has 0 saturated heterocycles. The Hall–Kier alpha value is -0.190. The Balaban J connectivity index is 1.88. The Morgan fingerprint density at radius 2 is 2.38 bits per heavy atom. The third-order valence-electron chi connectivity index (χ3n) is 3.03. The Labute approximate surface area is 104 Å². The van der Waals surface area contributed by atoms with Crippen molar-refractivity contribution < 1.29 is 4.21 Å². The lowest BCUT2D eigenvalue weighted by Gasteiger charge is -2.11. The third-order valence-corrected chi connectivity index (χ3v) is 5.23. The second-order valence-electron chi connectivity index (χ2n) is 4.40. The van der Waals surface area contributed by atoms with Gasteiger partial charge in [-0.1, -0.05) is 0 Å². The van der Waals surface area contributed by atoms with Crippen molar-refractivity contribution in [2.45, 2.75) is 32.2 Å². The predicted octanol–water partition coefficient (Wildman–Crippen LogP) is 2.27. The molecule has 90 valence electrons. The van der Waals surface area contributed by atoms with Gasteiger partial charge in [0.1, 0.15) is 0 Å². The number of rotatable bonds is 5. The minimum Gasteiger partial charge on any atom is -0.309 e. The first kappa shape index (κ1) is 12.3. The topological polar surface area (TPSA) is 29.1 Å². The molecule has 0 saturated carbocycles. The Morgan fingerprint density at radius 1 is 1.56 bits per heavy atom. The molecule has 1 aliphatic rings. The second kappa shape index (κ2) is 5.43. The molecule has 2 rings (SSSR count). The maximum absolute atomic E-state index is 10.9. The Kier molecular flexibility index (Phi) is 4.16. The lowest BCUT2D eigenvalue weighted by Crippen LogP contribution is -2.23. The molecule has 2 nitrogen and oxygen atoms in total. The van der Waals surface area contributed by atoms with E-state index in [4.69, 9.17) is 0 Å². The molecule has 2 unspecified atom stereocenters. The minimum absolute atomic E-state index is 0.402. The average Bonchev–Trinajstić information content (AvgIpc) is 2.75. The predicted molar refractivity (Wildman–Crippen MR) is 71.7 cm³/mol. The van der Waals surface area contributed by atoms with Crippen LogP contribution in [-0.4, -0.2) is 22.8 Å². The summed E-state index contributed by atoms with van der Waals surface area (Å²) in [7, 11) is -0.687. The van der Waals surface area contributed by atoms with E-state index in [0.717, 1.165) is 12.3 Å². The fourth-order valence-corrected chi connectivity index (χ4v) is 3.77. The fraction of sp³-hybridized carbons (Fsp3) is 0.667. The number of fused-ring (bicyclic) bond motifs is 1. The summed E-state index contributed by atoms with van der Waals surface area (Å²) in [6.45, 7) is 3.03. The number of hydrogen-bond acceptors (Lipinski definition) is 3. The zero-order valence-electron chi connectivity index (χ0n) is 9.91. The smallest absolute Gasteiger partial charge is 0.0386 e. The van der Waals surface area contributed by atoms with Crippen LogP contribution in [0, 0.1) is 0 Å². The van der Waals surface area contributed by atoms with Gasteiger partial charge in [0.2, 0.25) is 0 Å². The van der Waals surface area contributed by atoms with E-state index in [1.807, 2.05) is 11.3 Å². The largest absolute Gasteiger partial charge is 0.309 e. The van der Waals surface area contributed by atoms with Crippen LogP contribution in [0.3, 0.4) is 0 Å². The maximum Gasteiger partial charge on any atom is 0.0386 e. The zero-order chi connectivity index (χ0) is 11.5. The quantitative estimate of drug-likeness (QED) is 0.877. The normalized spacial score (nSPS) is 18.4. The summed E-state index contributed by atoms with van der Waals surface area (Å²) in [5, 5.41) is 3.44. The van der Waals surface area contributed by atoms with Crippen LogP contribution in [-0.2, 0) is 23.6 Å². The average molecular weight is 257 g/mol. The van der Waals surface area contributed by atoms with Gasteiger partial charge in [0.05, 0.1) is 0 Å². The molecule has 0 fully saturated rings. The number of hydrogen-bond donors (Lipinski definition) is 1. The second-order valence-corrected chi connectivity index (χ2v) is 7.13. The van der Waals surface area contributed by atoms with Crippen LogP contribution in [0.15, 0.2) is 6.07 Å². The van der Waals surface area contributed by atoms with E-state index in [2.05, 4.69) is 18.3 Å².